The molecule has 1 aromatic heterocycles. The molecule has 0 aliphatic heterocycles. The summed E-state index contributed by atoms with van der Waals surface area (Å²) in [4.78, 5) is 14.0. The molecule has 2 N–H and O–H groups in total. The Morgan fingerprint density at radius 1 is 0.879 bits per heavy atom. The lowest BCUT2D eigenvalue weighted by atomic mass is 10.0. The van der Waals surface area contributed by atoms with Gasteiger partial charge in [-0.1, -0.05) is 29.8 Å². The normalized spacial score (nSPS) is 12.1. The van der Waals surface area contributed by atoms with Gasteiger partial charge in [-0.05, 0) is 66.1 Å². The molecule has 5 nitrogen and oxygen atoms in total. The molecule has 4 aromatic rings. The first-order chi connectivity index (χ1) is 15.5. The lowest BCUT2D eigenvalue weighted by Crippen LogP contribution is -2.14. The van der Waals surface area contributed by atoms with Gasteiger partial charge >= 0.3 is 6.18 Å². The second-order valence-electron chi connectivity index (χ2n) is 7.36. The van der Waals surface area contributed by atoms with Gasteiger partial charge in [0.1, 0.15) is 0 Å². The van der Waals surface area contributed by atoms with Gasteiger partial charge in [0.15, 0.2) is 0 Å². The number of hydrogen-bond acceptors (Lipinski definition) is 3. The second kappa shape index (κ2) is 8.57. The molecule has 0 spiro atoms. The number of nitrogens with one attached hydrogen (secondary N) is 2. The van der Waals surface area contributed by atoms with Gasteiger partial charge in [0, 0.05) is 27.7 Å². The van der Waals surface area contributed by atoms with Crippen LogP contribution in [0.2, 0.25) is 5.02 Å². The molecule has 0 radical (unpaired) electrons. The number of rotatable bonds is 5. The van der Waals surface area contributed by atoms with E-state index in [4.69, 9.17) is 11.6 Å². The van der Waals surface area contributed by atoms with Crippen molar-refractivity contribution >= 4 is 38.2 Å². The third kappa shape index (κ3) is 5.20. The Morgan fingerprint density at radius 2 is 1.52 bits per heavy atom. The van der Waals surface area contributed by atoms with Crippen molar-refractivity contribution in [2.75, 3.05) is 4.72 Å². The molecule has 0 fully saturated rings. The summed E-state index contributed by atoms with van der Waals surface area (Å²) in [6.45, 7) is 0. The maximum absolute atomic E-state index is 13.4. The molecule has 0 aliphatic rings. The highest BCUT2D eigenvalue weighted by molar-refractivity contribution is 7.92. The van der Waals surface area contributed by atoms with Crippen LogP contribution in [0.25, 0.3) is 10.9 Å². The number of aromatic amines is 1. The van der Waals surface area contributed by atoms with Gasteiger partial charge in [-0.2, -0.15) is 13.2 Å². The van der Waals surface area contributed by atoms with Gasteiger partial charge in [0.25, 0.3) is 10.0 Å². The van der Waals surface area contributed by atoms with Crippen molar-refractivity contribution in [2.24, 2.45) is 0 Å². The van der Waals surface area contributed by atoms with Crippen molar-refractivity contribution in [1.29, 1.82) is 0 Å². The molecule has 0 amide bonds. The van der Waals surface area contributed by atoms with Crippen LogP contribution in [0.15, 0.2) is 82.5 Å². The first-order valence-corrected chi connectivity index (χ1v) is 11.5. The quantitative estimate of drug-likeness (QED) is 0.381. The molecular formula is C23H16ClF3N2O3S. The maximum Gasteiger partial charge on any atom is 0.417 e. The maximum atomic E-state index is 13.4. The molecule has 33 heavy (non-hydrogen) atoms. The largest absolute Gasteiger partial charge is 0.417 e. The van der Waals surface area contributed by atoms with Crippen molar-refractivity contribution in [3.63, 3.8) is 0 Å². The molecular weight excluding hydrogens is 477 g/mol. The minimum absolute atomic E-state index is 0.0386. The number of anilines is 1. The number of aromatic nitrogens is 1. The van der Waals surface area contributed by atoms with Crippen LogP contribution >= 0.6 is 11.6 Å². The Balaban J connectivity index is 1.58. The molecule has 0 aliphatic carbocycles. The molecule has 0 saturated heterocycles. The minimum atomic E-state index is -4.67. The van der Waals surface area contributed by atoms with E-state index in [0.29, 0.717) is 27.9 Å². The SMILES string of the molecule is O=c1cc(C(F)(F)F)c2cc(Cc3ccc(S(=O)(=O)Nc4ccc(Cl)cc4)cc3)ccc2[nH]1. The highest BCUT2D eigenvalue weighted by Crippen LogP contribution is 2.33. The third-order valence-corrected chi connectivity index (χ3v) is 6.60. The highest BCUT2D eigenvalue weighted by Gasteiger charge is 2.33. The molecule has 3 aromatic carbocycles. The fraction of sp³-hybridized carbons (Fsp3) is 0.0870. The molecule has 0 atom stereocenters. The molecule has 1 heterocycles. The fourth-order valence-electron chi connectivity index (χ4n) is 3.40. The number of hydrogen-bond donors (Lipinski definition) is 2. The lowest BCUT2D eigenvalue weighted by Gasteiger charge is -2.12. The number of alkyl halides is 3. The Morgan fingerprint density at radius 3 is 2.15 bits per heavy atom. The van der Waals surface area contributed by atoms with Crippen LogP contribution in [0.1, 0.15) is 16.7 Å². The van der Waals surface area contributed by atoms with Crippen LogP contribution in [0.3, 0.4) is 0 Å². The summed E-state index contributed by atoms with van der Waals surface area (Å²) in [6.07, 6.45) is -4.39. The Bertz CT molecular complexity index is 1480. The van der Waals surface area contributed by atoms with E-state index in [1.165, 1.54) is 36.4 Å². The van der Waals surface area contributed by atoms with Crippen LogP contribution in [0.5, 0.6) is 0 Å². The number of benzene rings is 3. The number of halogens is 4. The third-order valence-electron chi connectivity index (χ3n) is 4.95. The summed E-state index contributed by atoms with van der Waals surface area (Å²) in [5.74, 6) is 0. The topological polar surface area (TPSA) is 79.0 Å². The standard InChI is InChI=1S/C23H16ClF3N2O3S/c24-16-4-6-17(7-5-16)29-33(31,32)18-8-1-14(2-9-18)11-15-3-10-21-19(12-15)20(23(25,26)27)13-22(30)28-21/h1-10,12-13,29H,11H2,(H,28,30). The van der Waals surface area contributed by atoms with E-state index >= 15 is 0 Å². The number of sulfonamides is 1. The first kappa shape index (κ1) is 22.9. The van der Waals surface area contributed by atoms with Gasteiger partial charge in [-0.15, -0.1) is 0 Å². The molecule has 0 bridgehead atoms. The molecule has 0 unspecified atom stereocenters. The number of H-pyrrole nitrogens is 1. The zero-order valence-corrected chi connectivity index (χ0v) is 18.4. The summed E-state index contributed by atoms with van der Waals surface area (Å²) in [5, 5.41) is 0.371. The molecule has 170 valence electrons. The molecule has 10 heteroatoms. The van der Waals surface area contributed by atoms with E-state index in [0.717, 1.165) is 0 Å². The first-order valence-electron chi connectivity index (χ1n) is 9.62. The Hall–Kier alpha value is -3.30. The van der Waals surface area contributed by atoms with E-state index in [9.17, 15) is 26.4 Å². The summed E-state index contributed by atoms with van der Waals surface area (Å²) in [6, 6.07) is 17.2. The number of fused-ring (bicyclic) bond motifs is 1. The van der Waals surface area contributed by atoms with Crippen molar-refractivity contribution in [3.05, 3.63) is 105 Å². The summed E-state index contributed by atoms with van der Waals surface area (Å²) >= 11 is 5.81. The van der Waals surface area contributed by atoms with Crippen LogP contribution in [-0.2, 0) is 22.6 Å². The van der Waals surface area contributed by atoms with Crippen molar-refractivity contribution in [1.82, 2.24) is 4.98 Å². The summed E-state index contributed by atoms with van der Waals surface area (Å²) in [7, 11) is -3.82. The van der Waals surface area contributed by atoms with Gasteiger partial charge in [0.2, 0.25) is 5.56 Å². The zero-order chi connectivity index (χ0) is 23.8. The zero-order valence-electron chi connectivity index (χ0n) is 16.8. The van der Waals surface area contributed by atoms with Crippen molar-refractivity contribution in [2.45, 2.75) is 17.5 Å². The van der Waals surface area contributed by atoms with E-state index in [-0.39, 0.29) is 22.2 Å². The van der Waals surface area contributed by atoms with Crippen LogP contribution in [0.4, 0.5) is 18.9 Å². The van der Waals surface area contributed by atoms with E-state index in [1.807, 2.05) is 0 Å². The van der Waals surface area contributed by atoms with Crippen LogP contribution in [0, 0.1) is 0 Å². The Kier molecular flexibility index (Phi) is 5.94. The highest BCUT2D eigenvalue weighted by atomic mass is 35.5. The summed E-state index contributed by atoms with van der Waals surface area (Å²) < 4.78 is 67.7. The van der Waals surface area contributed by atoms with Crippen molar-refractivity contribution < 1.29 is 21.6 Å². The van der Waals surface area contributed by atoms with Crippen molar-refractivity contribution in [3.8, 4) is 0 Å². The molecule has 0 saturated carbocycles. The van der Waals surface area contributed by atoms with Crippen LogP contribution in [-0.4, -0.2) is 13.4 Å². The van der Waals surface area contributed by atoms with Gasteiger partial charge in [-0.3, -0.25) is 9.52 Å². The lowest BCUT2D eigenvalue weighted by molar-refractivity contribution is -0.136. The van der Waals surface area contributed by atoms with Crippen LogP contribution < -0.4 is 10.3 Å². The van der Waals surface area contributed by atoms with Gasteiger partial charge in [0.05, 0.1) is 10.5 Å². The minimum Gasteiger partial charge on any atom is -0.322 e. The van der Waals surface area contributed by atoms with Gasteiger partial charge in [-0.25, -0.2) is 8.42 Å². The molecule has 4 rings (SSSR count). The predicted octanol–water partition coefficient (Wildman–Crippen LogP) is 5.59. The number of pyridine rings is 1. The fourth-order valence-corrected chi connectivity index (χ4v) is 4.58. The van der Waals surface area contributed by atoms with Gasteiger partial charge < -0.3 is 4.98 Å². The summed E-state index contributed by atoms with van der Waals surface area (Å²) in [5.41, 5.74) is -0.0939. The Labute approximate surface area is 191 Å². The average molecular weight is 493 g/mol. The second-order valence-corrected chi connectivity index (χ2v) is 9.48. The van der Waals surface area contributed by atoms with E-state index < -0.39 is 27.3 Å². The van der Waals surface area contributed by atoms with E-state index in [1.54, 1.807) is 30.3 Å². The van der Waals surface area contributed by atoms with E-state index in [2.05, 4.69) is 9.71 Å². The predicted molar refractivity (Wildman–Crippen MR) is 121 cm³/mol. The smallest absolute Gasteiger partial charge is 0.322 e. The average Bonchev–Trinajstić information content (AvgIpc) is 2.74. The monoisotopic (exact) mass is 492 g/mol.